The fourth-order valence-electron chi connectivity index (χ4n) is 4.47. The Hall–Kier alpha value is -2.53. The quantitative estimate of drug-likeness (QED) is 0.778. The van der Waals surface area contributed by atoms with Crippen molar-refractivity contribution < 1.29 is 14.3 Å². The van der Waals surface area contributed by atoms with E-state index in [9.17, 15) is 4.79 Å². The molecular weight excluding hydrogens is 376 g/mol. The van der Waals surface area contributed by atoms with E-state index in [1.807, 2.05) is 30.3 Å². The van der Waals surface area contributed by atoms with Crippen molar-refractivity contribution in [2.24, 2.45) is 0 Å². The van der Waals surface area contributed by atoms with Gasteiger partial charge in [0.25, 0.3) is 5.91 Å². The minimum atomic E-state index is -0.349. The van der Waals surface area contributed by atoms with E-state index in [-0.39, 0.29) is 17.6 Å². The molecule has 5 nitrogen and oxygen atoms in total. The van der Waals surface area contributed by atoms with Crippen LogP contribution in [0.1, 0.15) is 67.1 Å². The number of carbonyl (C=O) groups excluding carboxylic acids is 1. The van der Waals surface area contributed by atoms with Gasteiger partial charge in [0.2, 0.25) is 0 Å². The molecule has 2 aromatic rings. The predicted octanol–water partition coefficient (Wildman–Crippen LogP) is 4.71. The number of likely N-dealkylation sites (tertiary alicyclic amines) is 1. The molecule has 0 unspecified atom stereocenters. The summed E-state index contributed by atoms with van der Waals surface area (Å²) in [5.41, 5.74) is 2.56. The van der Waals surface area contributed by atoms with E-state index in [4.69, 9.17) is 9.47 Å². The van der Waals surface area contributed by atoms with Crippen molar-refractivity contribution in [1.29, 1.82) is 0 Å². The molecule has 0 aromatic heterocycles. The molecule has 1 fully saturated rings. The lowest BCUT2D eigenvalue weighted by atomic mass is 9.89. The number of amides is 1. The largest absolute Gasteiger partial charge is 0.497 e. The first-order chi connectivity index (χ1) is 14.4. The topological polar surface area (TPSA) is 50.8 Å². The SMILES string of the molecule is COc1ccc2c(c1)[C@H](NC(=O)c1ccc(CN3CCCCC3)cc1)CC(C)(C)O2. The van der Waals surface area contributed by atoms with Gasteiger partial charge in [-0.05, 0) is 75.7 Å². The molecule has 0 spiro atoms. The van der Waals surface area contributed by atoms with Crippen molar-refractivity contribution in [1.82, 2.24) is 10.2 Å². The number of nitrogens with zero attached hydrogens (tertiary/aromatic N) is 1. The summed E-state index contributed by atoms with van der Waals surface area (Å²) in [5.74, 6) is 1.50. The monoisotopic (exact) mass is 408 g/mol. The Morgan fingerprint density at radius 2 is 1.87 bits per heavy atom. The van der Waals surface area contributed by atoms with Crippen LogP contribution in [0, 0.1) is 0 Å². The minimum absolute atomic E-state index is 0.0593. The number of benzene rings is 2. The Labute approximate surface area is 179 Å². The summed E-state index contributed by atoms with van der Waals surface area (Å²) in [4.78, 5) is 15.5. The highest BCUT2D eigenvalue weighted by atomic mass is 16.5. The third kappa shape index (κ3) is 4.78. The molecule has 2 aromatic carbocycles. The molecule has 4 rings (SSSR count). The average molecular weight is 409 g/mol. The molecule has 30 heavy (non-hydrogen) atoms. The summed E-state index contributed by atoms with van der Waals surface area (Å²) >= 11 is 0. The molecule has 2 aliphatic heterocycles. The minimum Gasteiger partial charge on any atom is -0.497 e. The summed E-state index contributed by atoms with van der Waals surface area (Å²) in [7, 11) is 1.65. The number of hydrogen-bond donors (Lipinski definition) is 1. The normalized spacial score (nSPS) is 20.7. The first kappa shape index (κ1) is 20.7. The van der Waals surface area contributed by atoms with Gasteiger partial charge in [-0.25, -0.2) is 0 Å². The number of methoxy groups -OCH3 is 1. The van der Waals surface area contributed by atoms with E-state index in [2.05, 4.69) is 36.2 Å². The molecule has 1 atom stereocenters. The molecule has 1 N–H and O–H groups in total. The van der Waals surface area contributed by atoms with Crippen molar-refractivity contribution in [2.75, 3.05) is 20.2 Å². The number of fused-ring (bicyclic) bond motifs is 1. The molecule has 2 heterocycles. The zero-order chi connectivity index (χ0) is 21.1. The molecule has 0 radical (unpaired) electrons. The smallest absolute Gasteiger partial charge is 0.251 e. The van der Waals surface area contributed by atoms with Gasteiger partial charge in [0.15, 0.2) is 0 Å². The van der Waals surface area contributed by atoms with Gasteiger partial charge in [-0.1, -0.05) is 18.6 Å². The Kier molecular flexibility index (Phi) is 6.00. The standard InChI is InChI=1S/C25H32N2O3/c1-25(2)16-22(21-15-20(29-3)11-12-23(21)30-25)26-24(28)19-9-7-18(8-10-19)17-27-13-5-4-6-14-27/h7-12,15,22H,4-6,13-14,16-17H2,1-3H3,(H,26,28)/t22-/m1/s1. The van der Waals surface area contributed by atoms with E-state index >= 15 is 0 Å². The molecule has 1 amide bonds. The molecule has 0 bridgehead atoms. The summed E-state index contributed by atoms with van der Waals surface area (Å²) < 4.78 is 11.5. The lowest BCUT2D eigenvalue weighted by Crippen LogP contribution is -2.41. The maximum absolute atomic E-state index is 13.0. The maximum Gasteiger partial charge on any atom is 0.251 e. The predicted molar refractivity (Wildman–Crippen MR) is 118 cm³/mol. The van der Waals surface area contributed by atoms with Crippen LogP contribution in [0.25, 0.3) is 0 Å². The Balaban J connectivity index is 1.46. The van der Waals surface area contributed by atoms with Crippen LogP contribution in [0.5, 0.6) is 11.5 Å². The van der Waals surface area contributed by atoms with Crippen LogP contribution in [0.15, 0.2) is 42.5 Å². The third-order valence-corrected chi connectivity index (χ3v) is 6.05. The van der Waals surface area contributed by atoms with Gasteiger partial charge in [0.1, 0.15) is 17.1 Å². The summed E-state index contributed by atoms with van der Waals surface area (Å²) in [6.45, 7) is 7.40. The number of piperidine rings is 1. The van der Waals surface area contributed by atoms with Crippen molar-refractivity contribution in [3.8, 4) is 11.5 Å². The van der Waals surface area contributed by atoms with Crippen molar-refractivity contribution >= 4 is 5.91 Å². The van der Waals surface area contributed by atoms with Gasteiger partial charge in [0.05, 0.1) is 13.2 Å². The lowest BCUT2D eigenvalue weighted by molar-refractivity contribution is 0.0618. The second-order valence-electron chi connectivity index (χ2n) is 9.03. The number of hydrogen-bond acceptors (Lipinski definition) is 4. The highest BCUT2D eigenvalue weighted by Gasteiger charge is 2.35. The van der Waals surface area contributed by atoms with Gasteiger partial charge in [0, 0.05) is 24.1 Å². The fourth-order valence-corrected chi connectivity index (χ4v) is 4.47. The highest BCUT2D eigenvalue weighted by molar-refractivity contribution is 5.94. The Morgan fingerprint density at radius 1 is 1.13 bits per heavy atom. The Morgan fingerprint density at radius 3 is 2.57 bits per heavy atom. The van der Waals surface area contributed by atoms with Crippen LogP contribution in [-0.2, 0) is 6.54 Å². The second kappa shape index (κ2) is 8.68. The molecule has 160 valence electrons. The highest BCUT2D eigenvalue weighted by Crippen LogP contribution is 2.41. The van der Waals surface area contributed by atoms with Gasteiger partial charge in [-0.15, -0.1) is 0 Å². The van der Waals surface area contributed by atoms with Crippen molar-refractivity contribution in [3.05, 3.63) is 59.2 Å². The van der Waals surface area contributed by atoms with E-state index in [1.165, 1.54) is 37.9 Å². The van der Waals surface area contributed by atoms with Gasteiger partial charge < -0.3 is 14.8 Å². The summed E-state index contributed by atoms with van der Waals surface area (Å²) in [5, 5.41) is 3.21. The van der Waals surface area contributed by atoms with E-state index in [0.29, 0.717) is 12.0 Å². The zero-order valence-electron chi connectivity index (χ0n) is 18.2. The van der Waals surface area contributed by atoms with Crippen LogP contribution in [-0.4, -0.2) is 36.6 Å². The summed E-state index contributed by atoms with van der Waals surface area (Å²) in [6.07, 6.45) is 4.61. The van der Waals surface area contributed by atoms with Crippen LogP contribution >= 0.6 is 0 Å². The molecule has 5 heteroatoms. The molecular formula is C25H32N2O3. The molecule has 2 aliphatic rings. The van der Waals surface area contributed by atoms with Crippen LogP contribution < -0.4 is 14.8 Å². The van der Waals surface area contributed by atoms with Crippen LogP contribution in [0.4, 0.5) is 0 Å². The number of carbonyl (C=O) groups is 1. The number of nitrogens with one attached hydrogen (secondary N) is 1. The van der Waals surface area contributed by atoms with Gasteiger partial charge >= 0.3 is 0 Å². The van der Waals surface area contributed by atoms with Gasteiger partial charge in [-0.3, -0.25) is 9.69 Å². The first-order valence-electron chi connectivity index (χ1n) is 10.9. The third-order valence-electron chi connectivity index (χ3n) is 6.05. The first-order valence-corrected chi connectivity index (χ1v) is 10.9. The van der Waals surface area contributed by atoms with Crippen molar-refractivity contribution in [3.63, 3.8) is 0 Å². The Bertz CT molecular complexity index is 886. The van der Waals surface area contributed by atoms with Crippen LogP contribution in [0.3, 0.4) is 0 Å². The lowest BCUT2D eigenvalue weighted by Gasteiger charge is -2.38. The van der Waals surface area contributed by atoms with Crippen LogP contribution in [0.2, 0.25) is 0 Å². The maximum atomic E-state index is 13.0. The number of ether oxygens (including phenoxy) is 2. The van der Waals surface area contributed by atoms with Gasteiger partial charge in [-0.2, -0.15) is 0 Å². The van der Waals surface area contributed by atoms with E-state index < -0.39 is 0 Å². The zero-order valence-corrected chi connectivity index (χ0v) is 18.2. The molecule has 0 saturated carbocycles. The number of rotatable bonds is 5. The van der Waals surface area contributed by atoms with E-state index in [1.54, 1.807) is 7.11 Å². The van der Waals surface area contributed by atoms with E-state index in [0.717, 1.165) is 23.6 Å². The molecule has 0 aliphatic carbocycles. The molecule has 1 saturated heterocycles. The fraction of sp³-hybridized carbons (Fsp3) is 0.480. The summed E-state index contributed by atoms with van der Waals surface area (Å²) in [6, 6.07) is 13.7. The second-order valence-corrected chi connectivity index (χ2v) is 9.03. The average Bonchev–Trinajstić information content (AvgIpc) is 2.74. The van der Waals surface area contributed by atoms with Crippen molar-refractivity contribution in [2.45, 2.75) is 57.7 Å².